The van der Waals surface area contributed by atoms with Crippen LogP contribution in [0.3, 0.4) is 0 Å². The van der Waals surface area contributed by atoms with Gasteiger partial charge < -0.3 is 19.8 Å². The molecule has 0 spiro atoms. The van der Waals surface area contributed by atoms with Gasteiger partial charge >= 0.3 is 5.97 Å². The van der Waals surface area contributed by atoms with Gasteiger partial charge in [0.05, 0.1) is 25.2 Å². The summed E-state index contributed by atoms with van der Waals surface area (Å²) in [5.74, 6) is 0.344. The van der Waals surface area contributed by atoms with Crippen molar-refractivity contribution in [1.82, 2.24) is 10.3 Å². The van der Waals surface area contributed by atoms with Crippen LogP contribution in [-0.4, -0.2) is 31.0 Å². The van der Waals surface area contributed by atoms with Gasteiger partial charge in [-0.05, 0) is 49.6 Å². The van der Waals surface area contributed by atoms with Crippen LogP contribution in [0.4, 0.5) is 0 Å². The van der Waals surface area contributed by atoms with E-state index in [4.69, 9.17) is 9.47 Å². The van der Waals surface area contributed by atoms with Gasteiger partial charge in [-0.25, -0.2) is 4.79 Å². The largest absolute Gasteiger partial charge is 0.496 e. The van der Waals surface area contributed by atoms with Gasteiger partial charge in [0.1, 0.15) is 5.75 Å². The molecule has 6 heteroatoms. The number of aromatic nitrogens is 1. The second-order valence-electron chi connectivity index (χ2n) is 9.11. The number of benzene rings is 2. The minimum Gasteiger partial charge on any atom is -0.496 e. The third-order valence-corrected chi connectivity index (χ3v) is 7.28. The summed E-state index contributed by atoms with van der Waals surface area (Å²) in [5, 5.41) is 4.39. The van der Waals surface area contributed by atoms with Gasteiger partial charge in [0, 0.05) is 46.4 Å². The number of Topliss-reactive ketones (excluding diaryl/α,β-unsaturated/α-hetero) is 1. The minimum absolute atomic E-state index is 0.0188. The summed E-state index contributed by atoms with van der Waals surface area (Å²) in [6.07, 6.45) is 2.86. The monoisotopic (exact) mass is 456 g/mol. The van der Waals surface area contributed by atoms with Crippen LogP contribution in [0.15, 0.2) is 77.3 Å². The topological polar surface area (TPSA) is 80.4 Å². The molecule has 0 fully saturated rings. The minimum atomic E-state index is -0.956. The number of dihydropyridines is 1. The number of esters is 1. The lowest BCUT2D eigenvalue weighted by molar-refractivity contribution is -0.136. The van der Waals surface area contributed by atoms with Gasteiger partial charge in [-0.3, -0.25) is 4.79 Å². The van der Waals surface area contributed by atoms with Gasteiger partial charge in [0.25, 0.3) is 0 Å². The summed E-state index contributed by atoms with van der Waals surface area (Å²) < 4.78 is 10.8. The van der Waals surface area contributed by atoms with Gasteiger partial charge in [0.2, 0.25) is 0 Å². The number of nitrogens with one attached hydrogen (secondary N) is 2. The third kappa shape index (κ3) is 3.16. The van der Waals surface area contributed by atoms with E-state index in [2.05, 4.69) is 10.3 Å². The summed E-state index contributed by atoms with van der Waals surface area (Å²) in [5.41, 5.74) is 4.58. The molecule has 0 saturated carbocycles. The quantitative estimate of drug-likeness (QED) is 0.547. The van der Waals surface area contributed by atoms with Crippen molar-refractivity contribution in [3.8, 4) is 5.75 Å². The molecule has 0 unspecified atom stereocenters. The number of ketones is 1. The van der Waals surface area contributed by atoms with Crippen LogP contribution in [0.2, 0.25) is 0 Å². The zero-order valence-electron chi connectivity index (χ0n) is 19.8. The molecule has 2 N–H and O–H groups in total. The molecule has 1 aromatic heterocycles. The van der Waals surface area contributed by atoms with Gasteiger partial charge in [-0.15, -0.1) is 0 Å². The van der Waals surface area contributed by atoms with E-state index >= 15 is 0 Å². The Morgan fingerprint density at radius 2 is 1.85 bits per heavy atom. The molecule has 0 amide bonds. The average molecular weight is 457 g/mol. The molecule has 2 aliphatic rings. The van der Waals surface area contributed by atoms with Gasteiger partial charge in [-0.2, -0.15) is 0 Å². The van der Waals surface area contributed by atoms with E-state index in [0.29, 0.717) is 29.7 Å². The number of hydrogen-bond donors (Lipinski definition) is 2. The molecule has 34 heavy (non-hydrogen) atoms. The first-order valence-corrected chi connectivity index (χ1v) is 11.4. The van der Waals surface area contributed by atoms with Crippen LogP contribution < -0.4 is 10.1 Å². The number of aromatic amines is 1. The summed E-state index contributed by atoms with van der Waals surface area (Å²) in [6, 6.07) is 15.8. The van der Waals surface area contributed by atoms with Crippen molar-refractivity contribution in [3.63, 3.8) is 0 Å². The Kier molecular flexibility index (Phi) is 5.31. The maximum Gasteiger partial charge on any atom is 0.336 e. The van der Waals surface area contributed by atoms with Crippen molar-refractivity contribution in [2.24, 2.45) is 0 Å². The lowest BCUT2D eigenvalue weighted by Gasteiger charge is -2.43. The summed E-state index contributed by atoms with van der Waals surface area (Å²) in [7, 11) is 3.03. The molecule has 3 aromatic rings. The Labute approximate surface area is 198 Å². The number of hydrogen-bond acceptors (Lipinski definition) is 5. The number of fused-ring (bicyclic) bond motifs is 1. The van der Waals surface area contributed by atoms with Crippen LogP contribution in [0.25, 0.3) is 10.9 Å². The second-order valence-corrected chi connectivity index (χ2v) is 9.11. The van der Waals surface area contributed by atoms with Crippen LogP contribution >= 0.6 is 0 Å². The molecule has 2 atom stereocenters. The molecule has 174 valence electrons. The first kappa shape index (κ1) is 22.0. The molecular formula is C28H28N2O4. The number of methoxy groups -OCH3 is 2. The van der Waals surface area contributed by atoms with Crippen molar-refractivity contribution >= 4 is 22.7 Å². The molecule has 2 heterocycles. The Balaban J connectivity index is 1.72. The molecule has 1 aliphatic carbocycles. The molecular weight excluding hydrogens is 428 g/mol. The first-order valence-electron chi connectivity index (χ1n) is 11.4. The van der Waals surface area contributed by atoms with Crippen molar-refractivity contribution < 1.29 is 19.1 Å². The lowest BCUT2D eigenvalue weighted by Crippen LogP contribution is -2.45. The predicted octanol–water partition coefficient (Wildman–Crippen LogP) is 4.89. The SMILES string of the molecule is COC(=O)C1=C(C)NC2=C(C(=O)C[C@H](c3ccccc3OC)C2)[C@@]1(C)c1cccc2[nH]ccc12. The van der Waals surface area contributed by atoms with E-state index in [1.807, 2.05) is 68.6 Å². The Hall–Kier alpha value is -3.80. The number of ether oxygens (including phenoxy) is 2. The van der Waals surface area contributed by atoms with Crippen molar-refractivity contribution in [2.45, 2.75) is 38.0 Å². The standard InChI is InChI=1S/C28H28N2O4/c1-16-25(27(32)34-4)28(2,20-9-7-10-21-19(20)12-13-29-21)26-22(30-16)14-17(15-23(26)31)18-8-5-6-11-24(18)33-3/h5-13,17,29-30H,14-15H2,1-4H3/t17-,28+/m1/s1. The van der Waals surface area contributed by atoms with E-state index in [9.17, 15) is 9.59 Å². The zero-order chi connectivity index (χ0) is 24.0. The number of H-pyrrole nitrogens is 1. The molecule has 2 aromatic carbocycles. The predicted molar refractivity (Wildman–Crippen MR) is 131 cm³/mol. The number of carbonyl (C=O) groups excluding carboxylic acids is 2. The number of carbonyl (C=O) groups is 2. The number of allylic oxidation sites excluding steroid dienone is 3. The fourth-order valence-corrected chi connectivity index (χ4v) is 5.87. The molecule has 5 rings (SSSR count). The Bertz CT molecular complexity index is 1380. The van der Waals surface area contributed by atoms with E-state index in [0.717, 1.165) is 33.5 Å². The first-order chi connectivity index (χ1) is 16.4. The zero-order valence-corrected chi connectivity index (χ0v) is 19.8. The smallest absolute Gasteiger partial charge is 0.336 e. The number of rotatable bonds is 4. The number of para-hydroxylation sites is 1. The summed E-state index contributed by atoms with van der Waals surface area (Å²) in [6.45, 7) is 3.85. The van der Waals surface area contributed by atoms with Crippen LogP contribution in [-0.2, 0) is 19.7 Å². The fraction of sp³-hybridized carbons (Fsp3) is 0.286. The second kappa shape index (κ2) is 8.20. The molecule has 0 saturated heterocycles. The third-order valence-electron chi connectivity index (χ3n) is 7.28. The highest BCUT2D eigenvalue weighted by Crippen LogP contribution is 2.51. The Morgan fingerprint density at radius 3 is 2.62 bits per heavy atom. The molecule has 1 aliphatic heterocycles. The van der Waals surface area contributed by atoms with Crippen molar-refractivity contribution in [3.05, 3.63) is 88.4 Å². The van der Waals surface area contributed by atoms with Gasteiger partial charge in [0.15, 0.2) is 5.78 Å². The van der Waals surface area contributed by atoms with Crippen LogP contribution in [0, 0.1) is 0 Å². The molecule has 0 bridgehead atoms. The van der Waals surface area contributed by atoms with E-state index in [1.165, 1.54) is 7.11 Å². The van der Waals surface area contributed by atoms with Gasteiger partial charge in [-0.1, -0.05) is 30.3 Å². The normalized spacial score (nSPS) is 22.5. The summed E-state index contributed by atoms with van der Waals surface area (Å²) >= 11 is 0. The molecule has 6 nitrogen and oxygen atoms in total. The molecule has 0 radical (unpaired) electrons. The highest BCUT2D eigenvalue weighted by atomic mass is 16.5. The van der Waals surface area contributed by atoms with E-state index in [1.54, 1.807) is 7.11 Å². The van der Waals surface area contributed by atoms with E-state index < -0.39 is 11.4 Å². The van der Waals surface area contributed by atoms with Crippen LogP contribution in [0.1, 0.15) is 43.7 Å². The fourth-order valence-electron chi connectivity index (χ4n) is 5.87. The highest BCUT2D eigenvalue weighted by Gasteiger charge is 2.50. The maximum absolute atomic E-state index is 13.9. The lowest BCUT2D eigenvalue weighted by atomic mass is 9.62. The average Bonchev–Trinajstić information content (AvgIpc) is 3.32. The van der Waals surface area contributed by atoms with Crippen molar-refractivity contribution in [1.29, 1.82) is 0 Å². The maximum atomic E-state index is 13.9. The van der Waals surface area contributed by atoms with Crippen LogP contribution in [0.5, 0.6) is 5.75 Å². The summed E-state index contributed by atoms with van der Waals surface area (Å²) in [4.78, 5) is 30.3. The van der Waals surface area contributed by atoms with Crippen molar-refractivity contribution in [2.75, 3.05) is 14.2 Å². The highest BCUT2D eigenvalue weighted by molar-refractivity contribution is 6.07. The Morgan fingerprint density at radius 1 is 1.06 bits per heavy atom. The van der Waals surface area contributed by atoms with E-state index in [-0.39, 0.29) is 11.7 Å².